The first kappa shape index (κ1) is 29.8. The highest BCUT2D eigenvalue weighted by atomic mass is 32.2. The number of carbonyl (C=O) groups is 2. The van der Waals surface area contributed by atoms with Gasteiger partial charge in [-0.3, -0.25) is 13.9 Å². The van der Waals surface area contributed by atoms with Gasteiger partial charge in [0.2, 0.25) is 11.8 Å². The topological polar surface area (TPSA) is 86.8 Å². The Labute approximate surface area is 230 Å². The van der Waals surface area contributed by atoms with E-state index in [1.54, 1.807) is 19.1 Å². The molecule has 2 amide bonds. The average Bonchev–Trinajstić information content (AvgIpc) is 2.85. The number of hydrogen-bond donors (Lipinski definition) is 1. The smallest absolute Gasteiger partial charge is 0.264 e. The molecule has 1 N–H and O–H groups in total. The number of nitrogens with one attached hydrogen (secondary N) is 1. The van der Waals surface area contributed by atoms with Crippen molar-refractivity contribution in [3.63, 3.8) is 0 Å². The zero-order valence-corrected chi connectivity index (χ0v) is 24.0. The molecule has 0 aromatic heterocycles. The van der Waals surface area contributed by atoms with Crippen LogP contribution in [0.25, 0.3) is 0 Å². The molecular weight excluding hydrogens is 517 g/mol. The molecule has 0 radical (unpaired) electrons. The summed E-state index contributed by atoms with van der Waals surface area (Å²) in [5.41, 5.74) is 2.27. The van der Waals surface area contributed by atoms with Gasteiger partial charge in [-0.15, -0.1) is 0 Å². The van der Waals surface area contributed by atoms with E-state index < -0.39 is 39.9 Å². The van der Waals surface area contributed by atoms with Crippen LogP contribution in [-0.4, -0.2) is 43.3 Å². The number of aryl methyl sites for hydroxylation is 2. The van der Waals surface area contributed by atoms with E-state index >= 15 is 0 Å². The van der Waals surface area contributed by atoms with Crippen LogP contribution >= 0.6 is 0 Å². The van der Waals surface area contributed by atoms with Gasteiger partial charge in [-0.1, -0.05) is 47.5 Å². The molecule has 1 atom stereocenters. The average molecular weight is 554 g/mol. The zero-order chi connectivity index (χ0) is 29.0. The van der Waals surface area contributed by atoms with E-state index in [0.29, 0.717) is 0 Å². The summed E-state index contributed by atoms with van der Waals surface area (Å²) in [5.74, 6) is -1.47. The summed E-state index contributed by atoms with van der Waals surface area (Å²) < 4.78 is 42.2. The molecule has 3 rings (SSSR count). The van der Waals surface area contributed by atoms with Gasteiger partial charge in [0.05, 0.1) is 10.6 Å². The SMILES string of the molecule is Cc1ccc(S(=O)(=O)N(CC(=O)N(Cc2cccc(C)c2)[C@H](C)C(=O)NC(C)(C)C)c2ccc(F)cc2)cc1. The number of anilines is 1. The molecular formula is C30H36FN3O4S. The molecule has 7 nitrogen and oxygen atoms in total. The Morgan fingerprint density at radius 3 is 2.10 bits per heavy atom. The van der Waals surface area contributed by atoms with Gasteiger partial charge in [-0.2, -0.15) is 0 Å². The molecule has 0 aliphatic carbocycles. The fourth-order valence-corrected chi connectivity index (χ4v) is 5.45. The summed E-state index contributed by atoms with van der Waals surface area (Å²) in [6.45, 7) is 10.4. The first-order valence-electron chi connectivity index (χ1n) is 12.7. The molecule has 0 aliphatic rings. The largest absolute Gasteiger partial charge is 0.350 e. The number of rotatable bonds is 9. The van der Waals surface area contributed by atoms with Gasteiger partial charge >= 0.3 is 0 Å². The Morgan fingerprint density at radius 2 is 1.54 bits per heavy atom. The van der Waals surface area contributed by atoms with E-state index in [2.05, 4.69) is 5.32 Å². The van der Waals surface area contributed by atoms with Crippen molar-refractivity contribution in [3.8, 4) is 0 Å². The molecule has 3 aromatic carbocycles. The maximum absolute atomic E-state index is 13.9. The maximum atomic E-state index is 13.9. The fraction of sp³-hybridized carbons (Fsp3) is 0.333. The number of halogens is 1. The lowest BCUT2D eigenvalue weighted by Crippen LogP contribution is -2.54. The van der Waals surface area contributed by atoms with Crippen LogP contribution in [0.5, 0.6) is 0 Å². The van der Waals surface area contributed by atoms with Crippen molar-refractivity contribution < 1.29 is 22.4 Å². The zero-order valence-electron chi connectivity index (χ0n) is 23.2. The third-order valence-electron chi connectivity index (χ3n) is 6.10. The van der Waals surface area contributed by atoms with Crippen molar-refractivity contribution in [2.75, 3.05) is 10.8 Å². The lowest BCUT2D eigenvalue weighted by Gasteiger charge is -2.33. The molecule has 0 bridgehead atoms. The molecule has 208 valence electrons. The van der Waals surface area contributed by atoms with Crippen LogP contribution in [0.15, 0.2) is 77.7 Å². The number of nitrogens with zero attached hydrogens (tertiary/aromatic N) is 2. The number of hydrogen-bond acceptors (Lipinski definition) is 4. The molecule has 0 fully saturated rings. The van der Waals surface area contributed by atoms with Crippen molar-refractivity contribution in [2.45, 2.75) is 64.6 Å². The number of carbonyl (C=O) groups excluding carboxylic acids is 2. The van der Waals surface area contributed by atoms with Crippen molar-refractivity contribution in [1.29, 1.82) is 0 Å². The molecule has 0 aliphatic heterocycles. The normalized spacial score (nSPS) is 12.5. The first-order valence-corrected chi connectivity index (χ1v) is 14.1. The minimum atomic E-state index is -4.20. The summed E-state index contributed by atoms with van der Waals surface area (Å²) in [6, 6.07) is 17.8. The Morgan fingerprint density at radius 1 is 0.923 bits per heavy atom. The lowest BCUT2D eigenvalue weighted by atomic mass is 10.1. The Balaban J connectivity index is 2.03. The van der Waals surface area contributed by atoms with Crippen LogP contribution < -0.4 is 9.62 Å². The van der Waals surface area contributed by atoms with Gasteiger partial charge in [0.15, 0.2) is 0 Å². The van der Waals surface area contributed by atoms with E-state index in [1.165, 1.54) is 29.2 Å². The second kappa shape index (κ2) is 12.0. The molecule has 39 heavy (non-hydrogen) atoms. The van der Waals surface area contributed by atoms with Crippen LogP contribution in [0, 0.1) is 19.7 Å². The van der Waals surface area contributed by atoms with Crippen molar-refractivity contribution in [2.24, 2.45) is 0 Å². The lowest BCUT2D eigenvalue weighted by molar-refractivity contribution is -0.140. The second-order valence-corrected chi connectivity index (χ2v) is 12.6. The molecule has 0 saturated heterocycles. The number of amides is 2. The van der Waals surface area contributed by atoms with Gasteiger partial charge in [0.1, 0.15) is 18.4 Å². The molecule has 0 spiro atoms. The van der Waals surface area contributed by atoms with Gasteiger partial charge in [0, 0.05) is 12.1 Å². The number of sulfonamides is 1. The molecule has 3 aromatic rings. The molecule has 0 unspecified atom stereocenters. The van der Waals surface area contributed by atoms with E-state index in [0.717, 1.165) is 33.1 Å². The summed E-state index contributed by atoms with van der Waals surface area (Å²) in [5, 5.41) is 2.90. The van der Waals surface area contributed by atoms with Crippen molar-refractivity contribution in [1.82, 2.24) is 10.2 Å². The quantitative estimate of drug-likeness (QED) is 0.405. The predicted octanol–water partition coefficient (Wildman–Crippen LogP) is 4.97. The third kappa shape index (κ3) is 7.89. The maximum Gasteiger partial charge on any atom is 0.264 e. The summed E-state index contributed by atoms with van der Waals surface area (Å²) in [7, 11) is -4.20. The van der Waals surface area contributed by atoms with Crippen LogP contribution in [0.3, 0.4) is 0 Å². The first-order chi connectivity index (χ1) is 18.2. The summed E-state index contributed by atoms with van der Waals surface area (Å²) in [4.78, 5) is 28.4. The molecule has 9 heteroatoms. The predicted molar refractivity (Wildman–Crippen MR) is 151 cm³/mol. The Bertz CT molecular complexity index is 1420. The van der Waals surface area contributed by atoms with Crippen molar-refractivity contribution >= 4 is 27.5 Å². The van der Waals surface area contributed by atoms with E-state index in [4.69, 9.17) is 0 Å². The standard InChI is InChI=1S/C30H36FN3O4S/c1-21-10-16-27(17-11-21)39(37,38)34(26-14-12-25(31)13-15-26)20-28(35)33(19-24-9-7-8-22(2)18-24)23(3)29(36)32-30(4,5)6/h7-18,23H,19-20H2,1-6H3,(H,32,36)/t23-/m1/s1. The number of benzene rings is 3. The summed E-state index contributed by atoms with van der Waals surface area (Å²) >= 11 is 0. The molecule has 0 saturated carbocycles. The van der Waals surface area contributed by atoms with Crippen molar-refractivity contribution in [3.05, 3.63) is 95.3 Å². The second-order valence-electron chi connectivity index (χ2n) is 10.7. The van der Waals surface area contributed by atoms with Crippen LogP contribution in [-0.2, 0) is 26.2 Å². The third-order valence-corrected chi connectivity index (χ3v) is 7.89. The van der Waals surface area contributed by atoms with Crippen LogP contribution in [0.2, 0.25) is 0 Å². The Kier molecular flexibility index (Phi) is 9.17. The summed E-state index contributed by atoms with van der Waals surface area (Å²) in [6.07, 6.45) is 0. The highest BCUT2D eigenvalue weighted by molar-refractivity contribution is 7.92. The minimum Gasteiger partial charge on any atom is -0.350 e. The van der Waals surface area contributed by atoms with Crippen LogP contribution in [0.4, 0.5) is 10.1 Å². The van der Waals surface area contributed by atoms with Gasteiger partial charge in [-0.25, -0.2) is 12.8 Å². The monoisotopic (exact) mass is 553 g/mol. The van der Waals surface area contributed by atoms with Gasteiger partial charge < -0.3 is 10.2 Å². The van der Waals surface area contributed by atoms with Gasteiger partial charge in [-0.05, 0) is 83.5 Å². The molecule has 0 heterocycles. The van der Waals surface area contributed by atoms with E-state index in [-0.39, 0.29) is 23.0 Å². The van der Waals surface area contributed by atoms with E-state index in [1.807, 2.05) is 58.9 Å². The van der Waals surface area contributed by atoms with Crippen LogP contribution in [0.1, 0.15) is 44.4 Å². The Hall–Kier alpha value is -3.72. The fourth-order valence-electron chi connectivity index (χ4n) is 4.04. The highest BCUT2D eigenvalue weighted by Gasteiger charge is 2.33. The van der Waals surface area contributed by atoms with E-state index in [9.17, 15) is 22.4 Å². The highest BCUT2D eigenvalue weighted by Crippen LogP contribution is 2.25. The van der Waals surface area contributed by atoms with Gasteiger partial charge in [0.25, 0.3) is 10.0 Å². The minimum absolute atomic E-state index is 0.00557.